The fourth-order valence-corrected chi connectivity index (χ4v) is 5.29. The number of allylic oxidation sites excluding steroid dienone is 1. The number of carbonyl (C=O) groups excluding carboxylic acids is 1. The summed E-state index contributed by atoms with van der Waals surface area (Å²) in [6.07, 6.45) is 1.65. The minimum Gasteiger partial charge on any atom is -0.469 e. The summed E-state index contributed by atoms with van der Waals surface area (Å²) in [6, 6.07) is 12.8. The molecule has 1 heterocycles. The summed E-state index contributed by atoms with van der Waals surface area (Å²) >= 11 is 0. The number of likely N-dealkylation sites (tertiary alicyclic amines) is 1. The number of carbonyl (C=O) groups is 1. The van der Waals surface area contributed by atoms with Gasteiger partial charge in [-0.05, 0) is 49.1 Å². The Morgan fingerprint density at radius 2 is 1.83 bits per heavy atom. The summed E-state index contributed by atoms with van der Waals surface area (Å²) in [4.78, 5) is 13.2. The predicted octanol–water partition coefficient (Wildman–Crippen LogP) is 4.53. The first-order valence-electron chi connectivity index (χ1n) is 11.3. The Kier molecular flexibility index (Phi) is 9.09. The van der Waals surface area contributed by atoms with Crippen LogP contribution in [-0.4, -0.2) is 45.0 Å². The van der Waals surface area contributed by atoms with Gasteiger partial charge in [-0.3, -0.25) is 9.69 Å². The second-order valence-corrected chi connectivity index (χ2v) is 10.2. The van der Waals surface area contributed by atoms with Gasteiger partial charge in [0.25, 0.3) is 0 Å². The van der Waals surface area contributed by atoms with Gasteiger partial charge >= 0.3 is 12.1 Å². The van der Waals surface area contributed by atoms with Gasteiger partial charge in [0.2, 0.25) is 10.0 Å². The highest BCUT2D eigenvalue weighted by atomic mass is 32.2. The van der Waals surface area contributed by atoms with E-state index in [9.17, 15) is 26.4 Å². The molecule has 0 amide bonds. The predicted molar refractivity (Wildman–Crippen MR) is 126 cm³/mol. The third-order valence-electron chi connectivity index (χ3n) is 5.83. The zero-order valence-corrected chi connectivity index (χ0v) is 20.2. The van der Waals surface area contributed by atoms with Gasteiger partial charge in [0.05, 0.1) is 17.6 Å². The number of benzene rings is 2. The average Bonchev–Trinajstić information content (AvgIpc) is 3.18. The molecule has 2 atom stereocenters. The second-order valence-electron chi connectivity index (χ2n) is 8.45. The van der Waals surface area contributed by atoms with Crippen LogP contribution < -0.4 is 4.72 Å². The van der Waals surface area contributed by atoms with Crippen molar-refractivity contribution in [3.05, 3.63) is 77.9 Å². The van der Waals surface area contributed by atoms with Crippen LogP contribution in [0.2, 0.25) is 0 Å². The Hall–Kier alpha value is -2.69. The normalized spacial score (nSPS) is 19.3. The van der Waals surface area contributed by atoms with Crippen LogP contribution in [0.1, 0.15) is 36.8 Å². The van der Waals surface area contributed by atoms with E-state index in [0.717, 1.165) is 29.8 Å². The molecule has 2 aromatic rings. The molecule has 0 aliphatic carbocycles. The quantitative estimate of drug-likeness (QED) is 0.289. The number of halogens is 3. The second kappa shape index (κ2) is 11.8. The van der Waals surface area contributed by atoms with Crippen LogP contribution in [0.4, 0.5) is 13.2 Å². The van der Waals surface area contributed by atoms with Crippen LogP contribution in [0, 0.1) is 0 Å². The molecule has 0 spiro atoms. The molecular formula is C25H29F3N2O4S. The van der Waals surface area contributed by atoms with Crippen molar-refractivity contribution in [2.45, 2.75) is 55.4 Å². The molecule has 1 fully saturated rings. The van der Waals surface area contributed by atoms with E-state index in [4.69, 9.17) is 0 Å². The van der Waals surface area contributed by atoms with Crippen molar-refractivity contribution in [3.8, 4) is 0 Å². The molecule has 10 heteroatoms. The van der Waals surface area contributed by atoms with Gasteiger partial charge in [0.1, 0.15) is 0 Å². The number of methoxy groups -OCH3 is 1. The van der Waals surface area contributed by atoms with E-state index in [1.807, 2.05) is 42.5 Å². The number of nitrogens with zero attached hydrogens (tertiary/aromatic N) is 1. The maximum Gasteiger partial charge on any atom is 0.416 e. The summed E-state index contributed by atoms with van der Waals surface area (Å²) in [7, 11) is -2.64. The summed E-state index contributed by atoms with van der Waals surface area (Å²) < 4.78 is 71.4. The number of nitrogens with one attached hydrogen (secondary N) is 1. The first-order chi connectivity index (χ1) is 16.6. The topological polar surface area (TPSA) is 75.7 Å². The van der Waals surface area contributed by atoms with Gasteiger partial charge in [0, 0.05) is 31.6 Å². The Morgan fingerprint density at radius 3 is 2.46 bits per heavy atom. The maximum absolute atomic E-state index is 12.8. The van der Waals surface area contributed by atoms with Crippen molar-refractivity contribution >= 4 is 16.0 Å². The summed E-state index contributed by atoms with van der Waals surface area (Å²) in [5.74, 6) is -0.261. The first kappa shape index (κ1) is 26.9. The largest absolute Gasteiger partial charge is 0.469 e. The summed E-state index contributed by atoms with van der Waals surface area (Å²) in [5, 5.41) is 0. The Morgan fingerprint density at radius 1 is 1.14 bits per heavy atom. The molecule has 0 saturated carbocycles. The molecular weight excluding hydrogens is 481 g/mol. The fourth-order valence-electron chi connectivity index (χ4n) is 4.05. The van der Waals surface area contributed by atoms with E-state index >= 15 is 0 Å². The van der Waals surface area contributed by atoms with E-state index in [0.29, 0.717) is 38.8 Å². The molecule has 0 bridgehead atoms. The molecule has 1 N–H and O–H groups in total. The third-order valence-corrected chi connectivity index (χ3v) is 7.37. The summed E-state index contributed by atoms with van der Waals surface area (Å²) in [5.41, 5.74) is 0.187. The van der Waals surface area contributed by atoms with Gasteiger partial charge < -0.3 is 4.74 Å². The Balaban J connectivity index is 1.68. The molecule has 0 aromatic heterocycles. The molecule has 1 aliphatic rings. The maximum atomic E-state index is 12.8. The minimum absolute atomic E-state index is 0.0337. The molecule has 0 radical (unpaired) electrons. The summed E-state index contributed by atoms with van der Waals surface area (Å²) in [6.45, 7) is 1.07. The smallest absolute Gasteiger partial charge is 0.416 e. The minimum atomic E-state index is -4.53. The molecule has 0 unspecified atom stereocenters. The molecule has 6 nitrogen and oxygen atoms in total. The zero-order valence-electron chi connectivity index (χ0n) is 19.4. The van der Waals surface area contributed by atoms with Crippen molar-refractivity contribution in [3.63, 3.8) is 0 Å². The number of esters is 1. The molecule has 190 valence electrons. The Labute approximate surface area is 203 Å². The average molecular weight is 511 g/mol. The van der Waals surface area contributed by atoms with Crippen molar-refractivity contribution in [2.75, 3.05) is 13.7 Å². The van der Waals surface area contributed by atoms with Crippen molar-refractivity contribution in [1.82, 2.24) is 9.62 Å². The van der Waals surface area contributed by atoms with Crippen LogP contribution in [0.5, 0.6) is 0 Å². The zero-order chi connectivity index (χ0) is 25.5. The number of hydrogen-bond acceptors (Lipinski definition) is 5. The van der Waals surface area contributed by atoms with E-state index in [1.165, 1.54) is 7.11 Å². The SMILES string of the molecule is COC(=O)CCC/C=C\[C@@H]1C[C@@H](NS(=O)(=O)c2ccc(C(F)(F)F)cc2)CN1Cc1ccccc1. The van der Waals surface area contributed by atoms with Crippen molar-refractivity contribution in [1.29, 1.82) is 0 Å². The third kappa shape index (κ3) is 7.91. The fraction of sp³-hybridized carbons (Fsp3) is 0.400. The Bertz CT molecular complexity index is 1100. The van der Waals surface area contributed by atoms with E-state index in [2.05, 4.69) is 14.4 Å². The number of rotatable bonds is 10. The van der Waals surface area contributed by atoms with Crippen LogP contribution >= 0.6 is 0 Å². The van der Waals surface area contributed by atoms with E-state index < -0.39 is 27.8 Å². The lowest BCUT2D eigenvalue weighted by molar-refractivity contribution is -0.140. The lowest BCUT2D eigenvalue weighted by Gasteiger charge is -2.22. The van der Waals surface area contributed by atoms with Gasteiger partial charge in [-0.1, -0.05) is 42.5 Å². The van der Waals surface area contributed by atoms with Crippen molar-refractivity contribution in [2.24, 2.45) is 0 Å². The lowest BCUT2D eigenvalue weighted by atomic mass is 10.1. The van der Waals surface area contributed by atoms with E-state index in [1.54, 1.807) is 0 Å². The van der Waals surface area contributed by atoms with Gasteiger partial charge in [0.15, 0.2) is 0 Å². The molecule has 1 saturated heterocycles. The van der Waals surface area contributed by atoms with Crippen molar-refractivity contribution < 1.29 is 31.1 Å². The number of sulfonamides is 1. The highest BCUT2D eigenvalue weighted by molar-refractivity contribution is 7.89. The first-order valence-corrected chi connectivity index (χ1v) is 12.8. The highest BCUT2D eigenvalue weighted by Gasteiger charge is 2.34. The highest BCUT2D eigenvalue weighted by Crippen LogP contribution is 2.30. The molecule has 2 aromatic carbocycles. The lowest BCUT2D eigenvalue weighted by Crippen LogP contribution is -2.37. The number of hydrogen-bond donors (Lipinski definition) is 1. The number of alkyl halides is 3. The van der Waals surface area contributed by atoms with Crippen LogP contribution in [0.3, 0.4) is 0 Å². The molecule has 1 aliphatic heterocycles. The number of unbranched alkanes of at least 4 members (excludes halogenated alkanes) is 1. The van der Waals surface area contributed by atoms with Crippen LogP contribution in [0.15, 0.2) is 71.6 Å². The monoisotopic (exact) mass is 510 g/mol. The number of ether oxygens (including phenoxy) is 1. The van der Waals surface area contributed by atoms with Gasteiger partial charge in [-0.15, -0.1) is 0 Å². The standard InChI is InChI=1S/C25H29F3N2O4S/c1-34-24(31)11-7-3-6-10-22-16-21(18-30(22)17-19-8-4-2-5-9-19)29-35(32,33)23-14-12-20(13-15-23)25(26,27)28/h2,4-6,8-10,12-15,21-22,29H,3,7,11,16-18H2,1H3/b10-6-/t21-,22-/m1/s1. The molecule has 35 heavy (non-hydrogen) atoms. The molecule has 3 rings (SSSR count). The van der Waals surface area contributed by atoms with Crippen LogP contribution in [-0.2, 0) is 32.3 Å². The van der Waals surface area contributed by atoms with Crippen LogP contribution in [0.25, 0.3) is 0 Å². The van der Waals surface area contributed by atoms with Gasteiger partial charge in [-0.2, -0.15) is 13.2 Å². The van der Waals surface area contributed by atoms with E-state index in [-0.39, 0.29) is 16.9 Å². The van der Waals surface area contributed by atoms with Gasteiger partial charge in [-0.25, -0.2) is 13.1 Å².